The van der Waals surface area contributed by atoms with Gasteiger partial charge in [0, 0.05) is 17.4 Å². The Morgan fingerprint density at radius 3 is 2.41 bits per heavy atom. The Bertz CT molecular complexity index is 952. The van der Waals surface area contributed by atoms with E-state index in [0.29, 0.717) is 11.7 Å². The predicted octanol–water partition coefficient (Wildman–Crippen LogP) is 7.93. The van der Waals surface area contributed by atoms with Crippen LogP contribution in [0.2, 0.25) is 0 Å². The van der Waals surface area contributed by atoms with Gasteiger partial charge in [-0.05, 0) is 44.4 Å². The Labute approximate surface area is 204 Å². The molecule has 0 unspecified atom stereocenters. The quantitative estimate of drug-likeness (QED) is 0.363. The number of carboxylic acids is 1. The van der Waals surface area contributed by atoms with E-state index in [1.54, 1.807) is 12.1 Å². The summed E-state index contributed by atoms with van der Waals surface area (Å²) in [6, 6.07) is 16.0. The number of carboxylic acid groups (broad SMARTS) is 1. The first-order valence-electron chi connectivity index (χ1n) is 13.2. The molecule has 4 nitrogen and oxygen atoms in total. The average molecular weight is 465 g/mol. The van der Waals surface area contributed by atoms with Gasteiger partial charge in [0.05, 0.1) is 17.8 Å². The lowest BCUT2D eigenvalue weighted by Gasteiger charge is -2.51. The highest BCUT2D eigenvalue weighted by Gasteiger charge is 2.50. The van der Waals surface area contributed by atoms with Crippen LogP contribution >= 0.6 is 0 Å². The molecule has 2 heterocycles. The van der Waals surface area contributed by atoms with Crippen molar-refractivity contribution in [3.63, 3.8) is 0 Å². The van der Waals surface area contributed by atoms with Crippen LogP contribution in [0, 0.1) is 5.92 Å². The molecule has 1 N–H and O–H groups in total. The van der Waals surface area contributed by atoms with Gasteiger partial charge >= 0.3 is 5.97 Å². The lowest BCUT2D eigenvalue weighted by atomic mass is 9.69. The molecule has 0 radical (unpaired) electrons. The molecular weight excluding hydrogens is 424 g/mol. The van der Waals surface area contributed by atoms with Crippen LogP contribution in [0.3, 0.4) is 0 Å². The first-order valence-corrected chi connectivity index (χ1v) is 13.2. The molecule has 2 aliphatic rings. The van der Waals surface area contributed by atoms with Crippen molar-refractivity contribution < 1.29 is 19.4 Å². The van der Waals surface area contributed by atoms with Crippen molar-refractivity contribution in [3.05, 3.63) is 65.2 Å². The van der Waals surface area contributed by atoms with Gasteiger partial charge in [0.25, 0.3) is 0 Å². The Morgan fingerprint density at radius 1 is 1.00 bits per heavy atom. The molecule has 2 aromatic rings. The minimum absolute atomic E-state index is 0.0730. The topological polar surface area (TPSA) is 55.8 Å². The van der Waals surface area contributed by atoms with Gasteiger partial charge in [-0.1, -0.05) is 88.3 Å². The van der Waals surface area contributed by atoms with Gasteiger partial charge in [0.1, 0.15) is 11.4 Å². The first kappa shape index (κ1) is 24.8. The fraction of sp³-hybridized carbons (Fsp3) is 0.567. The second-order valence-corrected chi connectivity index (χ2v) is 10.6. The number of carbonyl (C=O) groups is 1. The van der Waals surface area contributed by atoms with Gasteiger partial charge in [0.15, 0.2) is 0 Å². The van der Waals surface area contributed by atoms with Gasteiger partial charge in [-0.15, -0.1) is 0 Å². The second kappa shape index (κ2) is 10.9. The number of ether oxygens (including phenoxy) is 2. The summed E-state index contributed by atoms with van der Waals surface area (Å²) in [5.74, 6) is 0.257. The molecule has 34 heavy (non-hydrogen) atoms. The number of unbranched alkanes of at least 4 members (excludes halogenated alkanes) is 6. The molecule has 1 fully saturated rings. The molecule has 0 saturated carbocycles. The summed E-state index contributed by atoms with van der Waals surface area (Å²) in [6.45, 7) is 6.49. The molecule has 4 atom stereocenters. The number of benzene rings is 2. The maximum atomic E-state index is 11.5. The minimum Gasteiger partial charge on any atom is -0.487 e. The number of hydrogen-bond acceptors (Lipinski definition) is 3. The van der Waals surface area contributed by atoms with Crippen LogP contribution in [-0.4, -0.2) is 22.8 Å². The van der Waals surface area contributed by atoms with Crippen molar-refractivity contribution in [2.24, 2.45) is 5.92 Å². The molecule has 0 spiro atoms. The zero-order chi connectivity index (χ0) is 24.1. The Morgan fingerprint density at radius 2 is 1.71 bits per heavy atom. The average Bonchev–Trinajstić information content (AvgIpc) is 2.83. The summed E-state index contributed by atoms with van der Waals surface area (Å²) in [5, 5.41) is 9.45. The fourth-order valence-corrected chi connectivity index (χ4v) is 5.84. The highest BCUT2D eigenvalue weighted by Crippen LogP contribution is 2.54. The van der Waals surface area contributed by atoms with Crippen LogP contribution in [0.25, 0.3) is 0 Å². The lowest BCUT2D eigenvalue weighted by Crippen LogP contribution is -2.50. The first-order chi connectivity index (χ1) is 16.4. The normalized spacial score (nSPS) is 25.1. The molecule has 0 aliphatic carbocycles. The Kier molecular flexibility index (Phi) is 7.98. The lowest BCUT2D eigenvalue weighted by molar-refractivity contribution is -0.160. The van der Waals surface area contributed by atoms with Crippen LogP contribution in [0.1, 0.15) is 112 Å². The van der Waals surface area contributed by atoms with Crippen molar-refractivity contribution in [2.45, 2.75) is 102 Å². The van der Waals surface area contributed by atoms with E-state index in [4.69, 9.17) is 9.47 Å². The van der Waals surface area contributed by atoms with E-state index in [1.165, 1.54) is 50.5 Å². The Balaban J connectivity index is 1.55. The van der Waals surface area contributed by atoms with Gasteiger partial charge < -0.3 is 14.6 Å². The summed E-state index contributed by atoms with van der Waals surface area (Å²) in [6.07, 6.45) is 11.2. The summed E-state index contributed by atoms with van der Waals surface area (Å²) in [4.78, 5) is 11.5. The molecule has 1 saturated heterocycles. The van der Waals surface area contributed by atoms with E-state index in [1.807, 2.05) is 6.07 Å². The Hall–Kier alpha value is -2.33. The van der Waals surface area contributed by atoms with Crippen molar-refractivity contribution in [3.8, 4) is 5.75 Å². The van der Waals surface area contributed by atoms with E-state index < -0.39 is 11.6 Å². The van der Waals surface area contributed by atoms with Crippen LogP contribution in [0.15, 0.2) is 48.5 Å². The third kappa shape index (κ3) is 5.49. The molecule has 2 aliphatic heterocycles. The van der Waals surface area contributed by atoms with Gasteiger partial charge in [0.2, 0.25) is 0 Å². The van der Waals surface area contributed by atoms with E-state index in [2.05, 4.69) is 51.1 Å². The molecule has 2 aromatic carbocycles. The van der Waals surface area contributed by atoms with Crippen LogP contribution in [0.5, 0.6) is 5.75 Å². The minimum atomic E-state index is -0.933. The van der Waals surface area contributed by atoms with E-state index in [0.717, 1.165) is 18.4 Å². The summed E-state index contributed by atoms with van der Waals surface area (Å²) >= 11 is 0. The van der Waals surface area contributed by atoms with E-state index >= 15 is 0 Å². The largest absolute Gasteiger partial charge is 0.487 e. The summed E-state index contributed by atoms with van der Waals surface area (Å²) in [7, 11) is 0. The highest BCUT2D eigenvalue weighted by molar-refractivity contribution is 5.88. The van der Waals surface area contributed by atoms with Gasteiger partial charge in [-0.3, -0.25) is 0 Å². The zero-order valence-electron chi connectivity index (χ0n) is 21.0. The highest BCUT2D eigenvalue weighted by atomic mass is 16.5. The maximum Gasteiger partial charge on any atom is 0.335 e. The van der Waals surface area contributed by atoms with Crippen LogP contribution in [-0.2, 0) is 4.74 Å². The maximum absolute atomic E-state index is 11.5. The SMILES string of the molecule is CCCCCCCCC[C@@H]1O[C@@H]2c3ccc(C(=O)O)cc3OC(C)(C)[C@H]2C[C@@H]1c1ccccc1. The zero-order valence-corrected chi connectivity index (χ0v) is 21.0. The summed E-state index contributed by atoms with van der Waals surface area (Å²) in [5.41, 5.74) is 2.15. The number of rotatable bonds is 10. The summed E-state index contributed by atoms with van der Waals surface area (Å²) < 4.78 is 13.3. The third-order valence-electron chi connectivity index (χ3n) is 7.80. The van der Waals surface area contributed by atoms with Crippen LogP contribution in [0.4, 0.5) is 0 Å². The second-order valence-electron chi connectivity index (χ2n) is 10.6. The fourth-order valence-electron chi connectivity index (χ4n) is 5.84. The molecule has 0 aromatic heterocycles. The molecule has 4 heteroatoms. The van der Waals surface area contributed by atoms with Crippen LogP contribution < -0.4 is 4.74 Å². The van der Waals surface area contributed by atoms with Crippen molar-refractivity contribution in [2.75, 3.05) is 0 Å². The number of fused-ring (bicyclic) bond motifs is 3. The van der Waals surface area contributed by atoms with E-state index in [9.17, 15) is 9.90 Å². The third-order valence-corrected chi connectivity index (χ3v) is 7.80. The standard InChI is InChI=1S/C30H40O4/c1-4-5-6-7-8-9-13-16-26-24(21-14-11-10-12-15-21)20-25-28(33-26)23-18-17-22(29(31)32)19-27(23)34-30(25,2)3/h10-12,14-15,17-19,24-26,28H,4-9,13,16,20H2,1-3H3,(H,31,32)/t24-,25+,26+,28-/m1/s1. The molecule has 0 amide bonds. The van der Waals surface area contributed by atoms with E-state index in [-0.39, 0.29) is 23.7 Å². The molecular formula is C30H40O4. The molecule has 0 bridgehead atoms. The number of hydrogen-bond donors (Lipinski definition) is 1. The molecule has 4 rings (SSSR count). The monoisotopic (exact) mass is 464 g/mol. The van der Waals surface area contributed by atoms with Crippen molar-refractivity contribution in [1.82, 2.24) is 0 Å². The van der Waals surface area contributed by atoms with Gasteiger partial charge in [-0.2, -0.15) is 0 Å². The predicted molar refractivity (Wildman–Crippen MR) is 136 cm³/mol. The van der Waals surface area contributed by atoms with Crippen molar-refractivity contribution >= 4 is 5.97 Å². The molecule has 184 valence electrons. The van der Waals surface area contributed by atoms with Gasteiger partial charge in [-0.25, -0.2) is 4.79 Å². The smallest absolute Gasteiger partial charge is 0.335 e. The number of aromatic carboxylic acids is 1. The van der Waals surface area contributed by atoms with Crippen molar-refractivity contribution in [1.29, 1.82) is 0 Å².